The number of carbonyl (C=O) groups is 1. The molecule has 0 radical (unpaired) electrons. The van der Waals surface area contributed by atoms with Crippen LogP contribution in [0.4, 0.5) is 0 Å². The molecule has 3 fully saturated rings. The molecule has 4 atom stereocenters. The third-order valence-corrected chi connectivity index (χ3v) is 4.57. The second-order valence-corrected chi connectivity index (χ2v) is 5.92. The first-order valence-electron chi connectivity index (χ1n) is 7.58. The van der Waals surface area contributed by atoms with Crippen molar-refractivity contribution in [2.24, 2.45) is 5.92 Å². The third kappa shape index (κ3) is 2.35. The van der Waals surface area contributed by atoms with E-state index in [-0.39, 0.29) is 30.1 Å². The Morgan fingerprint density at radius 1 is 1.24 bits per heavy atom. The van der Waals surface area contributed by atoms with Crippen molar-refractivity contribution in [3.8, 4) is 0 Å². The first-order chi connectivity index (χ1) is 10.3. The number of hydroxylamine groups is 2. The smallest absolute Gasteiger partial charge is 0.326 e. The molecule has 5 nitrogen and oxygen atoms in total. The molecule has 0 spiro atoms. The fourth-order valence-corrected chi connectivity index (χ4v) is 3.54. The quantitative estimate of drug-likeness (QED) is 0.790. The predicted molar refractivity (Wildman–Crippen MR) is 74.1 cm³/mol. The molecule has 1 aromatic carbocycles. The van der Waals surface area contributed by atoms with Crippen LogP contribution in [0.25, 0.3) is 0 Å². The Hall–Kier alpha value is -1.43. The van der Waals surface area contributed by atoms with Gasteiger partial charge in [0.2, 0.25) is 0 Å². The van der Waals surface area contributed by atoms with E-state index in [1.165, 1.54) is 0 Å². The van der Waals surface area contributed by atoms with Gasteiger partial charge in [0, 0.05) is 6.61 Å². The highest BCUT2D eigenvalue weighted by atomic mass is 16.7. The van der Waals surface area contributed by atoms with Gasteiger partial charge < -0.3 is 9.47 Å². The average Bonchev–Trinajstić information content (AvgIpc) is 3.20. The Balaban J connectivity index is 1.54. The minimum atomic E-state index is -0.292. The first-order valence-corrected chi connectivity index (χ1v) is 7.58. The van der Waals surface area contributed by atoms with Crippen LogP contribution < -0.4 is 0 Å². The highest BCUT2D eigenvalue weighted by molar-refractivity contribution is 5.78. The molecule has 0 bridgehead atoms. The summed E-state index contributed by atoms with van der Waals surface area (Å²) in [5.41, 5.74) is 1.13. The van der Waals surface area contributed by atoms with Gasteiger partial charge in [0.15, 0.2) is 0 Å². The van der Waals surface area contributed by atoms with Crippen LogP contribution >= 0.6 is 0 Å². The van der Waals surface area contributed by atoms with E-state index in [0.717, 1.165) is 25.0 Å². The summed E-state index contributed by atoms with van der Waals surface area (Å²) in [6.07, 6.45) is 2.09. The van der Waals surface area contributed by atoms with Crippen LogP contribution in [-0.2, 0) is 25.7 Å². The van der Waals surface area contributed by atoms with Crippen LogP contribution in [0.2, 0.25) is 0 Å². The zero-order valence-electron chi connectivity index (χ0n) is 11.8. The third-order valence-electron chi connectivity index (χ3n) is 4.57. The van der Waals surface area contributed by atoms with E-state index in [1.807, 2.05) is 30.3 Å². The second-order valence-electron chi connectivity index (χ2n) is 5.92. The Morgan fingerprint density at radius 3 is 2.86 bits per heavy atom. The van der Waals surface area contributed by atoms with Gasteiger partial charge in [-0.1, -0.05) is 30.3 Å². The van der Waals surface area contributed by atoms with Crippen molar-refractivity contribution in [2.45, 2.75) is 37.6 Å². The maximum atomic E-state index is 12.0. The van der Waals surface area contributed by atoms with E-state index < -0.39 is 0 Å². The zero-order valence-corrected chi connectivity index (χ0v) is 11.8. The minimum absolute atomic E-state index is 0.0623. The lowest BCUT2D eigenvalue weighted by molar-refractivity contribution is -0.204. The molecule has 0 amide bonds. The average molecular weight is 289 g/mol. The Labute approximate surface area is 123 Å². The van der Waals surface area contributed by atoms with Crippen LogP contribution in [0.15, 0.2) is 30.3 Å². The molecule has 0 aliphatic carbocycles. The van der Waals surface area contributed by atoms with E-state index in [1.54, 1.807) is 5.06 Å². The molecule has 3 aliphatic heterocycles. The Morgan fingerprint density at radius 2 is 2.10 bits per heavy atom. The molecular weight excluding hydrogens is 270 g/mol. The van der Waals surface area contributed by atoms with Crippen LogP contribution in [0.1, 0.15) is 18.4 Å². The van der Waals surface area contributed by atoms with E-state index in [9.17, 15) is 4.79 Å². The summed E-state index contributed by atoms with van der Waals surface area (Å²) in [5.74, 6) is -0.0826. The monoisotopic (exact) mass is 289 g/mol. The molecule has 112 valence electrons. The van der Waals surface area contributed by atoms with Crippen molar-refractivity contribution >= 4 is 5.97 Å². The van der Waals surface area contributed by atoms with Gasteiger partial charge in [0.25, 0.3) is 0 Å². The first kappa shape index (κ1) is 13.2. The molecule has 1 aromatic rings. The number of ether oxygens (including phenoxy) is 2. The van der Waals surface area contributed by atoms with Crippen LogP contribution in [-0.4, -0.2) is 42.5 Å². The van der Waals surface area contributed by atoms with Gasteiger partial charge >= 0.3 is 5.97 Å². The van der Waals surface area contributed by atoms with Crippen molar-refractivity contribution in [1.29, 1.82) is 0 Å². The molecular formula is C16H19NO4. The molecule has 0 unspecified atom stereocenters. The van der Waals surface area contributed by atoms with E-state index in [2.05, 4.69) is 0 Å². The number of rotatable bonds is 3. The second kappa shape index (κ2) is 5.40. The van der Waals surface area contributed by atoms with Crippen molar-refractivity contribution in [1.82, 2.24) is 5.06 Å². The number of carbonyl (C=O) groups excluding carboxylic acids is 1. The molecule has 3 aliphatic rings. The minimum Gasteiger partial charge on any atom is -0.464 e. The summed E-state index contributed by atoms with van der Waals surface area (Å²) in [5, 5.41) is 1.79. The molecule has 0 saturated carbocycles. The summed E-state index contributed by atoms with van der Waals surface area (Å²) in [6, 6.07) is 9.76. The maximum absolute atomic E-state index is 12.0. The predicted octanol–water partition coefficient (Wildman–Crippen LogP) is 1.52. The fourth-order valence-electron chi connectivity index (χ4n) is 3.54. The van der Waals surface area contributed by atoms with E-state index in [0.29, 0.717) is 13.2 Å². The molecule has 3 saturated heterocycles. The Bertz CT molecular complexity index is 514. The summed E-state index contributed by atoms with van der Waals surface area (Å²) < 4.78 is 11.0. The number of nitrogens with zero attached hydrogens (tertiary/aromatic N) is 1. The van der Waals surface area contributed by atoms with Gasteiger partial charge in [0.05, 0.1) is 25.2 Å². The number of esters is 1. The number of hydrogen-bond donors (Lipinski definition) is 0. The maximum Gasteiger partial charge on any atom is 0.326 e. The van der Waals surface area contributed by atoms with Crippen molar-refractivity contribution in [3.05, 3.63) is 35.9 Å². The van der Waals surface area contributed by atoms with Gasteiger partial charge in [0.1, 0.15) is 12.1 Å². The topological polar surface area (TPSA) is 48.0 Å². The molecule has 21 heavy (non-hydrogen) atoms. The number of benzene rings is 1. The van der Waals surface area contributed by atoms with Crippen molar-refractivity contribution < 1.29 is 19.1 Å². The van der Waals surface area contributed by atoms with Gasteiger partial charge in [-0.05, 0) is 18.4 Å². The normalized spacial score (nSPS) is 35.9. The summed E-state index contributed by atoms with van der Waals surface area (Å²) in [4.78, 5) is 18.1. The van der Waals surface area contributed by atoms with E-state index in [4.69, 9.17) is 14.3 Å². The standard InChI is InChI=1S/C16H19NO4/c18-16-14-12(10-20-16)15(13-7-4-8-19-13)21-17(14)9-11-5-2-1-3-6-11/h1-3,5-6,12-15H,4,7-10H2/t12-,13-,14-,15-/m1/s1. The van der Waals surface area contributed by atoms with Gasteiger partial charge in [-0.3, -0.25) is 9.63 Å². The lowest BCUT2D eigenvalue weighted by Crippen LogP contribution is -2.35. The van der Waals surface area contributed by atoms with Gasteiger partial charge in [-0.15, -0.1) is 0 Å². The van der Waals surface area contributed by atoms with Crippen molar-refractivity contribution in [2.75, 3.05) is 13.2 Å². The SMILES string of the molecule is O=C1OC[C@H]2[C@H]([C@H]3CCCO3)ON(Cc3ccccc3)[C@@H]12. The molecule has 0 aromatic heterocycles. The highest BCUT2D eigenvalue weighted by Gasteiger charge is 2.55. The molecule has 0 N–H and O–H groups in total. The summed E-state index contributed by atoms with van der Waals surface area (Å²) >= 11 is 0. The van der Waals surface area contributed by atoms with Crippen LogP contribution in [0, 0.1) is 5.92 Å². The van der Waals surface area contributed by atoms with E-state index >= 15 is 0 Å². The lowest BCUT2D eigenvalue weighted by Gasteiger charge is -2.22. The van der Waals surface area contributed by atoms with Gasteiger partial charge in [-0.25, -0.2) is 0 Å². The lowest BCUT2D eigenvalue weighted by atomic mass is 9.93. The summed E-state index contributed by atoms with van der Waals surface area (Å²) in [7, 11) is 0. The number of cyclic esters (lactones) is 1. The molecule has 5 heteroatoms. The van der Waals surface area contributed by atoms with Crippen LogP contribution in [0.5, 0.6) is 0 Å². The number of fused-ring (bicyclic) bond motifs is 1. The zero-order chi connectivity index (χ0) is 14.2. The van der Waals surface area contributed by atoms with Crippen LogP contribution in [0.3, 0.4) is 0 Å². The fraction of sp³-hybridized carbons (Fsp3) is 0.562. The van der Waals surface area contributed by atoms with Crippen molar-refractivity contribution in [3.63, 3.8) is 0 Å². The Kier molecular flexibility index (Phi) is 3.41. The summed E-state index contributed by atoms with van der Waals surface area (Å²) in [6.45, 7) is 1.83. The largest absolute Gasteiger partial charge is 0.464 e. The molecule has 4 rings (SSSR count). The molecule has 3 heterocycles. The highest BCUT2D eigenvalue weighted by Crippen LogP contribution is 2.38. The number of hydrogen-bond acceptors (Lipinski definition) is 5. The van der Waals surface area contributed by atoms with Gasteiger partial charge in [-0.2, -0.15) is 5.06 Å².